The highest BCUT2D eigenvalue weighted by molar-refractivity contribution is 5.82. The standard InChI is InChI=1S/C11H15F4NO2/c1-16-8(17)6-4-2-3-5-7(6)11(16,18)10(14,15)9(12)13/h6-7,9,18H,2-5H2,1H3/t6-,7+,11?/m1/s1. The zero-order valence-electron chi connectivity index (χ0n) is 9.88. The number of alkyl halides is 4. The van der Waals surface area contributed by atoms with Crippen molar-refractivity contribution in [3.8, 4) is 0 Å². The maximum absolute atomic E-state index is 13.6. The summed E-state index contributed by atoms with van der Waals surface area (Å²) in [4.78, 5) is 12.2. The molecule has 1 saturated carbocycles. The summed E-state index contributed by atoms with van der Waals surface area (Å²) in [6.07, 6.45) is -2.21. The molecule has 7 heteroatoms. The first-order valence-corrected chi connectivity index (χ1v) is 5.90. The van der Waals surface area contributed by atoms with Gasteiger partial charge < -0.3 is 10.0 Å². The number of hydrogen-bond acceptors (Lipinski definition) is 2. The number of likely N-dealkylation sites (tertiary alicyclic amines) is 1. The summed E-state index contributed by atoms with van der Waals surface area (Å²) in [7, 11) is 0.969. The summed E-state index contributed by atoms with van der Waals surface area (Å²) >= 11 is 0. The van der Waals surface area contributed by atoms with Crippen LogP contribution in [0.3, 0.4) is 0 Å². The van der Waals surface area contributed by atoms with Crippen molar-refractivity contribution in [3.05, 3.63) is 0 Å². The molecule has 0 aromatic rings. The van der Waals surface area contributed by atoms with E-state index in [2.05, 4.69) is 0 Å². The van der Waals surface area contributed by atoms with Gasteiger partial charge in [-0.3, -0.25) is 4.79 Å². The molecule has 2 fully saturated rings. The van der Waals surface area contributed by atoms with E-state index in [9.17, 15) is 27.5 Å². The lowest BCUT2D eigenvalue weighted by atomic mass is 9.74. The van der Waals surface area contributed by atoms with E-state index in [1.165, 1.54) is 0 Å². The van der Waals surface area contributed by atoms with E-state index in [4.69, 9.17) is 0 Å². The molecule has 1 heterocycles. The molecule has 0 bridgehead atoms. The number of rotatable bonds is 2. The number of halogens is 4. The van der Waals surface area contributed by atoms with Crippen LogP contribution in [0.2, 0.25) is 0 Å². The SMILES string of the molecule is CN1C(=O)[C@@H]2CCCC[C@@H]2C1(O)C(F)(F)C(F)F. The summed E-state index contributed by atoms with van der Waals surface area (Å²) in [5.41, 5.74) is -3.07. The van der Waals surface area contributed by atoms with Crippen LogP contribution in [0.25, 0.3) is 0 Å². The van der Waals surface area contributed by atoms with Crippen molar-refractivity contribution in [2.24, 2.45) is 11.8 Å². The summed E-state index contributed by atoms with van der Waals surface area (Å²) in [6, 6.07) is 0. The molecule has 1 N–H and O–H groups in total. The topological polar surface area (TPSA) is 40.5 Å². The van der Waals surface area contributed by atoms with Crippen LogP contribution in [0, 0.1) is 11.8 Å². The highest BCUT2D eigenvalue weighted by Gasteiger charge is 2.72. The van der Waals surface area contributed by atoms with Crippen molar-refractivity contribution < 1.29 is 27.5 Å². The van der Waals surface area contributed by atoms with Gasteiger partial charge in [0.15, 0.2) is 0 Å². The van der Waals surface area contributed by atoms with Crippen molar-refractivity contribution in [1.82, 2.24) is 4.90 Å². The second-order valence-corrected chi connectivity index (χ2v) is 5.04. The van der Waals surface area contributed by atoms with Gasteiger partial charge in [0.05, 0.1) is 0 Å². The van der Waals surface area contributed by atoms with Crippen molar-refractivity contribution >= 4 is 5.91 Å². The minimum absolute atomic E-state index is 0.166. The van der Waals surface area contributed by atoms with Crippen molar-refractivity contribution in [2.45, 2.75) is 43.8 Å². The molecule has 1 unspecified atom stereocenters. The highest BCUT2D eigenvalue weighted by atomic mass is 19.3. The Morgan fingerprint density at radius 1 is 1.39 bits per heavy atom. The van der Waals surface area contributed by atoms with Crippen LogP contribution in [-0.4, -0.2) is 41.0 Å². The first-order valence-electron chi connectivity index (χ1n) is 5.90. The fourth-order valence-electron chi connectivity index (χ4n) is 3.21. The average Bonchev–Trinajstić information content (AvgIpc) is 2.53. The molecule has 1 amide bonds. The summed E-state index contributed by atoms with van der Waals surface area (Å²) in [5.74, 6) is -7.16. The quantitative estimate of drug-likeness (QED) is 0.777. The van der Waals surface area contributed by atoms with Gasteiger partial charge in [-0.1, -0.05) is 12.8 Å². The molecule has 0 aromatic heterocycles. The Kier molecular flexibility index (Phi) is 3.08. The Hall–Kier alpha value is -0.850. The van der Waals surface area contributed by atoms with Gasteiger partial charge in [0.2, 0.25) is 11.6 Å². The predicted octanol–water partition coefficient (Wildman–Crippen LogP) is 1.85. The lowest BCUT2D eigenvalue weighted by molar-refractivity contribution is -0.298. The van der Waals surface area contributed by atoms with Gasteiger partial charge in [-0.25, -0.2) is 8.78 Å². The average molecular weight is 269 g/mol. The lowest BCUT2D eigenvalue weighted by Gasteiger charge is -2.41. The van der Waals surface area contributed by atoms with Crippen LogP contribution in [0.5, 0.6) is 0 Å². The van der Waals surface area contributed by atoms with Crippen molar-refractivity contribution in [3.63, 3.8) is 0 Å². The second-order valence-electron chi connectivity index (χ2n) is 5.04. The number of nitrogens with zero attached hydrogens (tertiary/aromatic N) is 1. The van der Waals surface area contributed by atoms with Crippen LogP contribution >= 0.6 is 0 Å². The predicted molar refractivity (Wildman–Crippen MR) is 54.1 cm³/mol. The monoisotopic (exact) mass is 269 g/mol. The van der Waals surface area contributed by atoms with Gasteiger partial charge in [-0.05, 0) is 12.8 Å². The van der Waals surface area contributed by atoms with Crippen LogP contribution in [0.4, 0.5) is 17.6 Å². The van der Waals surface area contributed by atoms with Crippen LogP contribution < -0.4 is 0 Å². The Morgan fingerprint density at radius 2 is 1.94 bits per heavy atom. The van der Waals surface area contributed by atoms with E-state index in [0.717, 1.165) is 7.05 Å². The molecule has 1 aliphatic heterocycles. The third-order valence-corrected chi connectivity index (χ3v) is 4.21. The minimum atomic E-state index is -4.62. The summed E-state index contributed by atoms with van der Waals surface area (Å²) < 4.78 is 52.3. The maximum atomic E-state index is 13.6. The van der Waals surface area contributed by atoms with E-state index >= 15 is 0 Å². The molecule has 0 spiro atoms. The zero-order chi connectivity index (χ0) is 13.7. The Balaban J connectivity index is 2.44. The van der Waals surface area contributed by atoms with Gasteiger partial charge in [0, 0.05) is 18.9 Å². The fraction of sp³-hybridized carbons (Fsp3) is 0.909. The summed E-state index contributed by atoms with van der Waals surface area (Å²) in [5, 5.41) is 10.1. The Labute approximate surface area is 102 Å². The number of fused-ring (bicyclic) bond motifs is 1. The fourth-order valence-corrected chi connectivity index (χ4v) is 3.21. The molecule has 0 radical (unpaired) electrons. The normalized spacial score (nSPS) is 37.3. The summed E-state index contributed by atoms with van der Waals surface area (Å²) in [6.45, 7) is 0. The molecular weight excluding hydrogens is 254 g/mol. The number of carbonyl (C=O) groups is 1. The molecule has 1 saturated heterocycles. The van der Waals surface area contributed by atoms with Gasteiger partial charge in [-0.2, -0.15) is 8.78 Å². The first kappa shape index (κ1) is 13.6. The number of amides is 1. The van der Waals surface area contributed by atoms with Gasteiger partial charge in [0.25, 0.3) is 0 Å². The second kappa shape index (κ2) is 4.08. The van der Waals surface area contributed by atoms with Gasteiger partial charge in [0.1, 0.15) is 0 Å². The molecule has 1 aliphatic carbocycles. The van der Waals surface area contributed by atoms with E-state index in [-0.39, 0.29) is 6.42 Å². The molecule has 3 nitrogen and oxygen atoms in total. The van der Waals surface area contributed by atoms with E-state index in [1.807, 2.05) is 0 Å². The molecule has 18 heavy (non-hydrogen) atoms. The minimum Gasteiger partial charge on any atom is -0.365 e. The molecule has 104 valence electrons. The maximum Gasteiger partial charge on any atom is 0.354 e. The first-order chi connectivity index (χ1) is 8.24. The van der Waals surface area contributed by atoms with Gasteiger partial charge >= 0.3 is 12.3 Å². The molecular formula is C11H15F4NO2. The third kappa shape index (κ3) is 1.49. The van der Waals surface area contributed by atoms with Crippen molar-refractivity contribution in [2.75, 3.05) is 7.05 Å². The van der Waals surface area contributed by atoms with Crippen molar-refractivity contribution in [1.29, 1.82) is 0 Å². The van der Waals surface area contributed by atoms with Gasteiger partial charge in [-0.15, -0.1) is 0 Å². The zero-order valence-corrected chi connectivity index (χ0v) is 9.88. The van der Waals surface area contributed by atoms with E-state index in [1.54, 1.807) is 0 Å². The van der Waals surface area contributed by atoms with Crippen LogP contribution in [-0.2, 0) is 4.79 Å². The number of aliphatic hydroxyl groups is 1. The molecule has 3 atom stereocenters. The van der Waals surface area contributed by atoms with Crippen LogP contribution in [0.1, 0.15) is 25.7 Å². The Bertz CT molecular complexity index is 363. The smallest absolute Gasteiger partial charge is 0.354 e. The Morgan fingerprint density at radius 3 is 2.50 bits per heavy atom. The molecule has 2 rings (SSSR count). The lowest BCUT2D eigenvalue weighted by Crippen LogP contribution is -2.63. The van der Waals surface area contributed by atoms with E-state index in [0.29, 0.717) is 24.2 Å². The largest absolute Gasteiger partial charge is 0.365 e. The van der Waals surface area contributed by atoms with Crippen LogP contribution in [0.15, 0.2) is 0 Å². The number of carbonyl (C=O) groups excluding carboxylic acids is 1. The molecule has 0 aromatic carbocycles. The highest BCUT2D eigenvalue weighted by Crippen LogP contribution is 2.53. The number of hydrogen-bond donors (Lipinski definition) is 1. The molecule has 2 aliphatic rings. The van der Waals surface area contributed by atoms with E-state index < -0.39 is 35.8 Å². The third-order valence-electron chi connectivity index (χ3n) is 4.21.